The Morgan fingerprint density at radius 3 is 2.17 bits per heavy atom. The number of aromatic carboxylic acids is 1. The summed E-state index contributed by atoms with van der Waals surface area (Å²) >= 11 is 0. The number of urea groups is 1. The van der Waals surface area contributed by atoms with Gasteiger partial charge >= 0.3 is 6.03 Å². The molecule has 7 heteroatoms. The van der Waals surface area contributed by atoms with Crippen molar-refractivity contribution < 1.29 is 24.6 Å². The summed E-state index contributed by atoms with van der Waals surface area (Å²) in [5.41, 5.74) is 0.509. The van der Waals surface area contributed by atoms with Gasteiger partial charge in [-0.3, -0.25) is 0 Å². The van der Waals surface area contributed by atoms with Gasteiger partial charge in [0.05, 0.1) is 23.7 Å². The lowest BCUT2D eigenvalue weighted by Gasteiger charge is -2.21. The number of anilines is 1. The molecule has 2 aromatic carbocycles. The Morgan fingerprint density at radius 2 is 1.54 bits per heavy atom. The van der Waals surface area contributed by atoms with Crippen LogP contribution in [0, 0.1) is 0 Å². The van der Waals surface area contributed by atoms with Crippen LogP contribution in [-0.4, -0.2) is 24.0 Å². The summed E-state index contributed by atoms with van der Waals surface area (Å²) in [6, 6.07) is 12.3. The van der Waals surface area contributed by atoms with Crippen LogP contribution < -0.4 is 20.8 Å². The number of benzene rings is 2. The van der Waals surface area contributed by atoms with Gasteiger partial charge in [-0.05, 0) is 18.1 Å². The molecule has 7 nitrogen and oxygen atoms in total. The van der Waals surface area contributed by atoms with E-state index in [4.69, 9.17) is 0 Å². The maximum atomic E-state index is 12.0. The van der Waals surface area contributed by atoms with E-state index >= 15 is 0 Å². The molecule has 0 aliphatic carbocycles. The number of aliphatic carboxylic acids is 1. The number of hydrogen-bond donors (Lipinski definition) is 2. The zero-order chi connectivity index (χ0) is 17.5. The third-order valence-corrected chi connectivity index (χ3v) is 3.27. The van der Waals surface area contributed by atoms with Crippen molar-refractivity contribution >= 4 is 23.7 Å². The number of amides is 2. The zero-order valence-corrected chi connectivity index (χ0v) is 12.5. The zero-order valence-electron chi connectivity index (χ0n) is 12.5. The number of carbonyl (C=O) groups excluding carboxylic acids is 3. The van der Waals surface area contributed by atoms with Gasteiger partial charge in [0, 0.05) is 5.56 Å². The first-order chi connectivity index (χ1) is 11.5. The Balaban J connectivity index is 2.06. The molecular formula is C17H14N2O5-2. The molecule has 0 saturated heterocycles. The van der Waals surface area contributed by atoms with E-state index in [1.807, 2.05) is 0 Å². The maximum Gasteiger partial charge on any atom is 0.319 e. The third-order valence-electron chi connectivity index (χ3n) is 3.27. The van der Waals surface area contributed by atoms with Gasteiger partial charge in [0.25, 0.3) is 0 Å². The van der Waals surface area contributed by atoms with E-state index in [0.717, 1.165) is 0 Å². The molecule has 124 valence electrons. The second kappa shape index (κ2) is 7.77. The summed E-state index contributed by atoms with van der Waals surface area (Å²) < 4.78 is 0. The van der Waals surface area contributed by atoms with Gasteiger partial charge in [0.1, 0.15) is 0 Å². The normalized spacial score (nSPS) is 11.3. The number of carbonyl (C=O) groups is 3. The van der Waals surface area contributed by atoms with Crippen molar-refractivity contribution in [1.82, 2.24) is 5.32 Å². The van der Waals surface area contributed by atoms with E-state index in [9.17, 15) is 24.6 Å². The molecule has 2 amide bonds. The van der Waals surface area contributed by atoms with Crippen LogP contribution in [0.15, 0.2) is 54.6 Å². The summed E-state index contributed by atoms with van der Waals surface area (Å²) in [7, 11) is 0. The van der Waals surface area contributed by atoms with E-state index in [2.05, 4.69) is 10.6 Å². The molecule has 0 fully saturated rings. The fourth-order valence-corrected chi connectivity index (χ4v) is 2.13. The molecule has 0 aromatic heterocycles. The molecule has 24 heavy (non-hydrogen) atoms. The van der Waals surface area contributed by atoms with Gasteiger partial charge in [-0.1, -0.05) is 48.5 Å². The standard InChI is InChI=1S/C17H16N2O5/c20-15(21)12-8-4-5-9-13(12)18-17(24)19-14(16(22)23)10-11-6-2-1-3-7-11/h1-9,14H,10H2,(H,20,21)(H,22,23)(H2,18,19,24)/p-2/t14-/m0/s1. The summed E-state index contributed by atoms with van der Waals surface area (Å²) in [6.45, 7) is 0. The minimum Gasteiger partial charge on any atom is -0.548 e. The molecule has 0 aliphatic heterocycles. The predicted octanol–water partition coefficient (Wildman–Crippen LogP) is -0.467. The summed E-state index contributed by atoms with van der Waals surface area (Å²) in [5, 5.41) is 26.8. The Bertz CT molecular complexity index is 746. The van der Waals surface area contributed by atoms with Crippen LogP contribution in [0.1, 0.15) is 15.9 Å². The number of carboxylic acids is 2. The summed E-state index contributed by atoms with van der Waals surface area (Å²) in [6.07, 6.45) is 0.0404. The molecule has 2 aromatic rings. The van der Waals surface area contributed by atoms with Crippen LogP contribution in [0.4, 0.5) is 10.5 Å². The predicted molar refractivity (Wildman–Crippen MR) is 81.9 cm³/mol. The molecule has 0 aliphatic rings. The Hall–Kier alpha value is -3.35. The molecule has 0 radical (unpaired) electrons. The molecule has 2 N–H and O–H groups in total. The van der Waals surface area contributed by atoms with Gasteiger partial charge in [0.15, 0.2) is 0 Å². The van der Waals surface area contributed by atoms with E-state index in [-0.39, 0.29) is 17.7 Å². The van der Waals surface area contributed by atoms with Gasteiger partial charge in [-0.25, -0.2) is 4.79 Å². The lowest BCUT2D eigenvalue weighted by atomic mass is 10.1. The maximum absolute atomic E-state index is 12.0. The molecule has 0 heterocycles. The van der Waals surface area contributed by atoms with E-state index in [1.54, 1.807) is 30.3 Å². The van der Waals surface area contributed by atoms with Crippen molar-refractivity contribution in [2.24, 2.45) is 0 Å². The highest BCUT2D eigenvalue weighted by Gasteiger charge is 2.15. The van der Waals surface area contributed by atoms with Crippen molar-refractivity contribution in [3.8, 4) is 0 Å². The number of rotatable bonds is 6. The fourth-order valence-electron chi connectivity index (χ4n) is 2.13. The topological polar surface area (TPSA) is 121 Å². The number of carboxylic acid groups (broad SMARTS) is 2. The first-order valence-electron chi connectivity index (χ1n) is 7.10. The summed E-state index contributed by atoms with van der Waals surface area (Å²) in [5.74, 6) is -2.89. The average molecular weight is 326 g/mol. The second-order valence-corrected chi connectivity index (χ2v) is 4.99. The quantitative estimate of drug-likeness (QED) is 0.743. The first-order valence-corrected chi connectivity index (χ1v) is 7.10. The van der Waals surface area contributed by atoms with Crippen LogP contribution in [0.3, 0.4) is 0 Å². The SMILES string of the molecule is O=C(Nc1ccccc1C(=O)[O-])N[C@@H](Cc1ccccc1)C(=O)[O-]. The molecule has 0 saturated carbocycles. The van der Waals surface area contributed by atoms with Crippen LogP contribution in [0.5, 0.6) is 0 Å². The molecule has 0 bridgehead atoms. The van der Waals surface area contributed by atoms with Crippen LogP contribution in [-0.2, 0) is 11.2 Å². The average Bonchev–Trinajstić information content (AvgIpc) is 2.55. The van der Waals surface area contributed by atoms with Crippen LogP contribution >= 0.6 is 0 Å². The Labute approximate surface area is 137 Å². The fraction of sp³-hybridized carbons (Fsp3) is 0.118. The number of hydrogen-bond acceptors (Lipinski definition) is 5. The van der Waals surface area contributed by atoms with Crippen LogP contribution in [0.2, 0.25) is 0 Å². The molecule has 0 unspecified atom stereocenters. The van der Waals surface area contributed by atoms with Gasteiger partial charge in [0.2, 0.25) is 0 Å². The Morgan fingerprint density at radius 1 is 0.917 bits per heavy atom. The highest BCUT2D eigenvalue weighted by molar-refractivity contribution is 5.99. The van der Waals surface area contributed by atoms with Crippen molar-refractivity contribution in [2.45, 2.75) is 12.5 Å². The molecule has 2 rings (SSSR count). The number of para-hydroxylation sites is 1. The molecule has 1 atom stereocenters. The lowest BCUT2D eigenvalue weighted by molar-refractivity contribution is -0.308. The van der Waals surface area contributed by atoms with Crippen molar-refractivity contribution in [1.29, 1.82) is 0 Å². The van der Waals surface area contributed by atoms with Gasteiger partial charge in [-0.2, -0.15) is 0 Å². The van der Waals surface area contributed by atoms with Crippen LogP contribution in [0.25, 0.3) is 0 Å². The first kappa shape index (κ1) is 17.0. The van der Waals surface area contributed by atoms with Crippen molar-refractivity contribution in [3.63, 3.8) is 0 Å². The minimum absolute atomic E-state index is 0.00630. The third kappa shape index (κ3) is 4.57. The van der Waals surface area contributed by atoms with Gasteiger partial charge < -0.3 is 30.4 Å². The van der Waals surface area contributed by atoms with E-state index in [0.29, 0.717) is 5.56 Å². The van der Waals surface area contributed by atoms with Crippen molar-refractivity contribution in [3.05, 3.63) is 65.7 Å². The highest BCUT2D eigenvalue weighted by Crippen LogP contribution is 2.14. The summed E-state index contributed by atoms with van der Waals surface area (Å²) in [4.78, 5) is 34.2. The lowest BCUT2D eigenvalue weighted by Crippen LogP contribution is -2.50. The van der Waals surface area contributed by atoms with Crippen molar-refractivity contribution in [2.75, 3.05) is 5.32 Å². The Kier molecular flexibility index (Phi) is 5.51. The minimum atomic E-state index is -1.45. The smallest absolute Gasteiger partial charge is 0.319 e. The highest BCUT2D eigenvalue weighted by atomic mass is 16.4. The van der Waals surface area contributed by atoms with Gasteiger partial charge in [-0.15, -0.1) is 0 Å². The number of nitrogens with one attached hydrogen (secondary N) is 2. The van der Waals surface area contributed by atoms with E-state index < -0.39 is 24.0 Å². The molecule has 0 spiro atoms. The largest absolute Gasteiger partial charge is 0.548 e. The second-order valence-electron chi connectivity index (χ2n) is 4.99. The molecular weight excluding hydrogens is 312 g/mol. The monoisotopic (exact) mass is 326 g/mol. The van der Waals surface area contributed by atoms with E-state index in [1.165, 1.54) is 24.3 Å².